The van der Waals surface area contributed by atoms with E-state index in [0.717, 1.165) is 73.5 Å². The second-order valence-electron chi connectivity index (χ2n) is 29.4. The number of hydrogen-bond donors (Lipinski definition) is 12. The molecule has 0 aromatic heterocycles. The summed E-state index contributed by atoms with van der Waals surface area (Å²) in [6.07, 6.45) is 2.33. The number of carbonyl (C=O) groups is 4. The zero-order valence-corrected chi connectivity index (χ0v) is 65.6. The van der Waals surface area contributed by atoms with Crippen LogP contribution in [-0.4, -0.2) is 86.3 Å². The lowest BCUT2D eigenvalue weighted by atomic mass is 9.88. The minimum atomic E-state index is -0.609. The van der Waals surface area contributed by atoms with Crippen LogP contribution in [-0.2, 0) is 9.59 Å². The molecule has 22 nitrogen and oxygen atoms in total. The number of fused-ring (bicyclic) bond motifs is 3. The van der Waals surface area contributed by atoms with Crippen molar-refractivity contribution in [1.82, 2.24) is 0 Å². The molecule has 2 aliphatic heterocycles. The van der Waals surface area contributed by atoms with Gasteiger partial charge in [-0.1, -0.05) is 113 Å². The molecular weight excluding hydrogens is 1390 g/mol. The van der Waals surface area contributed by atoms with Crippen molar-refractivity contribution in [3.05, 3.63) is 142 Å². The lowest BCUT2D eigenvalue weighted by Gasteiger charge is -2.20. The van der Waals surface area contributed by atoms with Crippen molar-refractivity contribution in [2.75, 3.05) is 0 Å². The van der Waals surface area contributed by atoms with E-state index in [1.165, 1.54) is 6.92 Å². The highest BCUT2D eigenvalue weighted by Gasteiger charge is 2.37. The first kappa shape index (κ1) is 82.5. The predicted octanol–water partition coefficient (Wildman–Crippen LogP) is 19.5. The Bertz CT molecular complexity index is 5460. The van der Waals surface area contributed by atoms with E-state index in [-0.39, 0.29) is 128 Å². The van der Waals surface area contributed by atoms with Crippen molar-refractivity contribution in [2.24, 2.45) is 0 Å². The number of unbranched alkanes of at least 4 members (excludes halogenated alkanes) is 1. The minimum absolute atomic E-state index is 0.0145. The van der Waals surface area contributed by atoms with Gasteiger partial charge in [0.25, 0.3) is 0 Å². The van der Waals surface area contributed by atoms with Crippen LogP contribution in [0.5, 0.6) is 86.2 Å². The molecule has 0 aliphatic carbocycles. The number of nitriles is 2. The molecule has 0 saturated heterocycles. The van der Waals surface area contributed by atoms with Crippen LogP contribution in [0.1, 0.15) is 253 Å². The smallest absolute Gasteiger partial charge is 0.348 e. The highest BCUT2D eigenvalue weighted by Crippen LogP contribution is 2.55. The topological polar surface area (TPSA) is 399 Å². The Labute approximate surface area is 632 Å². The lowest BCUT2D eigenvalue weighted by Crippen LogP contribution is -2.10. The number of ether oxygens (including phenoxy) is 4. The van der Waals surface area contributed by atoms with E-state index in [1.807, 2.05) is 174 Å². The number of phenolic OH excluding ortho intramolecular Hbond substituents is 11. The number of phenols is 11. The van der Waals surface area contributed by atoms with Crippen molar-refractivity contribution < 1.29 is 94.3 Å². The Morgan fingerprint density at radius 2 is 0.761 bits per heavy atom. The Morgan fingerprint density at radius 1 is 0.440 bits per heavy atom. The van der Waals surface area contributed by atoms with Crippen molar-refractivity contribution >= 4 is 84.0 Å². The van der Waals surface area contributed by atoms with Crippen LogP contribution in [0.4, 0.5) is 0 Å². The van der Waals surface area contributed by atoms with Crippen LogP contribution in [0.2, 0.25) is 0 Å². The molecule has 2 heterocycles. The molecule has 22 heteroatoms. The summed E-state index contributed by atoms with van der Waals surface area (Å²) in [5.74, 6) is -3.50. The quantitative estimate of drug-likeness (QED) is 0.0248. The molecule has 12 N–H and O–H groups in total. The van der Waals surface area contributed by atoms with Gasteiger partial charge in [0.2, 0.25) is 5.90 Å². The Balaban J connectivity index is 0.000000172. The average molecular weight is 1490 g/mol. The second kappa shape index (κ2) is 31.7. The van der Waals surface area contributed by atoms with Gasteiger partial charge in [0.05, 0.1) is 11.1 Å². The van der Waals surface area contributed by atoms with E-state index in [0.29, 0.717) is 100.0 Å². The van der Waals surface area contributed by atoms with Gasteiger partial charge in [0.15, 0.2) is 63.8 Å². The first-order chi connectivity index (χ1) is 50.9. The normalized spacial score (nSPS) is 11.9. The summed E-state index contributed by atoms with van der Waals surface area (Å²) in [6, 6.07) is 13.3. The highest BCUT2D eigenvalue weighted by atomic mass is 16.5. The molecule has 12 rings (SSSR count). The number of aromatic hydroxyl groups is 11. The molecule has 0 fully saturated rings. The summed E-state index contributed by atoms with van der Waals surface area (Å²) in [4.78, 5) is 46.9. The fourth-order valence-corrected chi connectivity index (χ4v) is 14.3. The summed E-state index contributed by atoms with van der Waals surface area (Å²) in [7, 11) is 0. The molecule has 10 aromatic carbocycles. The van der Waals surface area contributed by atoms with Crippen LogP contribution >= 0.6 is 0 Å². The molecule has 572 valence electrons. The molecule has 0 atom stereocenters. The predicted molar refractivity (Wildman–Crippen MR) is 420 cm³/mol. The maximum absolute atomic E-state index is 12.2. The number of hydrogen-bond acceptors (Lipinski definition) is 22. The summed E-state index contributed by atoms with van der Waals surface area (Å²) >= 11 is 0. The summed E-state index contributed by atoms with van der Waals surface area (Å²) < 4.78 is 21.8. The van der Waals surface area contributed by atoms with Gasteiger partial charge in [-0.05, 0) is 188 Å². The largest absolute Gasteiger partial charge is 0.507 e. The lowest BCUT2D eigenvalue weighted by molar-refractivity contribution is -0.134. The van der Waals surface area contributed by atoms with Crippen molar-refractivity contribution in [1.29, 1.82) is 15.9 Å². The molecule has 0 spiro atoms. The first-order valence-corrected chi connectivity index (χ1v) is 35.8. The number of rotatable bonds is 11. The minimum Gasteiger partial charge on any atom is -0.507 e. The van der Waals surface area contributed by atoms with Gasteiger partial charge in [-0.25, -0.2) is 4.79 Å². The fourth-order valence-electron chi connectivity index (χ4n) is 14.3. The molecule has 10 aromatic rings. The van der Waals surface area contributed by atoms with E-state index in [4.69, 9.17) is 24.4 Å². The van der Waals surface area contributed by atoms with Crippen LogP contribution in [0, 0.1) is 97.3 Å². The number of benzene rings is 10. The van der Waals surface area contributed by atoms with E-state index >= 15 is 0 Å². The van der Waals surface area contributed by atoms with E-state index in [1.54, 1.807) is 13.8 Å². The molecule has 109 heavy (non-hydrogen) atoms. The molecule has 0 radical (unpaired) electrons. The van der Waals surface area contributed by atoms with Crippen molar-refractivity contribution in [2.45, 2.75) is 201 Å². The number of esters is 3. The van der Waals surface area contributed by atoms with Crippen molar-refractivity contribution in [3.63, 3.8) is 0 Å². The van der Waals surface area contributed by atoms with Gasteiger partial charge in [-0.2, -0.15) is 10.5 Å². The third-order valence-electron chi connectivity index (χ3n) is 20.5. The van der Waals surface area contributed by atoms with E-state index in [2.05, 4.69) is 0 Å². The zero-order valence-electron chi connectivity index (χ0n) is 65.6. The van der Waals surface area contributed by atoms with Gasteiger partial charge < -0.3 is 75.1 Å². The number of aryl methyl sites for hydroxylation is 5. The molecule has 0 bridgehead atoms. The second-order valence-corrected chi connectivity index (χ2v) is 29.4. The Morgan fingerprint density at radius 3 is 1.13 bits per heavy atom. The van der Waals surface area contributed by atoms with Gasteiger partial charge >= 0.3 is 17.9 Å². The molecule has 0 saturated carbocycles. The highest BCUT2D eigenvalue weighted by molar-refractivity contribution is 6.19. The third-order valence-corrected chi connectivity index (χ3v) is 20.5. The SMILES string of the molecule is CC(=O)Oc1c(C)c(C)cc2c(C(C)C)c(O)c(O)c(C#N)c12.CCCCC(=O)Oc1c(C)c(C)cc2c(C(C)C)c(O)c(O)c(C#N)c12.Cc1cc2c(C(C)C)c(O)c(O)c(C=O)c2c(O)c1C.Cc1cc2c(C(C)C)c(O)c(O)c3c2c(c1C)OC3=N.Cc1cc2c(C(C)C)c(O)c(O)c3c2c(c1C)OC3=O. The van der Waals surface area contributed by atoms with Gasteiger partial charge in [0.1, 0.15) is 57.6 Å². The van der Waals surface area contributed by atoms with Crippen molar-refractivity contribution in [3.8, 4) is 98.4 Å². The van der Waals surface area contributed by atoms with E-state index in [9.17, 15) is 85.9 Å². The summed E-state index contributed by atoms with van der Waals surface area (Å²) in [5.41, 5.74) is 11.6. The van der Waals surface area contributed by atoms with Gasteiger partial charge in [-0.15, -0.1) is 0 Å². The third kappa shape index (κ3) is 14.4. The number of nitrogens with zero attached hydrogens (tertiary/aromatic N) is 2. The van der Waals surface area contributed by atoms with Crippen LogP contribution in [0.15, 0.2) is 30.3 Å². The maximum atomic E-state index is 12.2. The standard InChI is InChI=1S/C21H25NO4.C18H19NO4.C16H17NO3.C16H16O4.C16H18O4/c1-6-7-8-16(23)26-21-13(5)12(4)9-14-17(11(2)3)20(25)19(24)15(10-22)18(14)21;1-8(2)14-12-6-9(3)10(4)18(23-11(5)20)15(12)13(7-19)16(21)17(14)22;1-6(2)10-9-5-7(3)8(4)15-11(9)12(16(17)20-15)14(19)13(10)18;1-6(2)10-9-5-7(3)8(4)15-11(9)12(16(19)20-15)14(18)13(10)17;1-7(2)12-10-5-8(3)9(4)14(18)13(10)11(6-17)15(19)16(12)20/h9,11,24-25H,6-8H2,1-5H3;6,8,21-22H,1-5H3;5-6,17-19H,1-4H3;5-6,17-18H,1-4H3;5-7,18-20H,1-4H3. The Hall–Kier alpha value is -12.2. The summed E-state index contributed by atoms with van der Waals surface area (Å²) in [6.45, 7) is 41.0. The first-order valence-electron chi connectivity index (χ1n) is 35.8. The maximum Gasteiger partial charge on any atom is 0.348 e. The molecule has 0 amide bonds. The molecular formula is C87H95N3O19. The molecule has 2 aliphatic rings. The Kier molecular flexibility index (Phi) is 24.0. The number of carbonyl (C=O) groups excluding carboxylic acids is 4. The number of aldehydes is 1. The van der Waals surface area contributed by atoms with E-state index < -0.39 is 29.2 Å². The van der Waals surface area contributed by atoms with Gasteiger partial charge in [-0.3, -0.25) is 19.8 Å². The average Bonchev–Trinajstić information content (AvgIpc) is 1.67. The number of nitrogens with one attached hydrogen (secondary N) is 1. The molecule has 0 unspecified atom stereocenters. The zero-order chi connectivity index (χ0) is 81.8. The monoisotopic (exact) mass is 1490 g/mol. The van der Waals surface area contributed by atoms with Crippen LogP contribution in [0.25, 0.3) is 53.9 Å². The van der Waals surface area contributed by atoms with Crippen LogP contribution < -0.4 is 18.9 Å². The van der Waals surface area contributed by atoms with Gasteiger partial charge in [0, 0.05) is 68.1 Å². The summed E-state index contributed by atoms with van der Waals surface area (Å²) in [5, 5.41) is 145. The van der Waals surface area contributed by atoms with Crippen LogP contribution in [0.3, 0.4) is 0 Å². The fraction of sp³-hybridized carbons (Fsp3) is 0.345.